The Labute approximate surface area is 199 Å². The standard InChI is InChI=1S/C26H26N4O3S/c1-2-21-12-14-23(15-13-21)30(34(32,33)24-9-4-3-5-10-24)19-26(31)28-18-22-8-6-7-11-25(22)29-17-16-27-20-29/h3-17,20H,2,18-19H2,1H3,(H,28,31). The van der Waals surface area contributed by atoms with Crippen LogP contribution in [-0.4, -0.2) is 30.4 Å². The SMILES string of the molecule is CCc1ccc(N(CC(=O)NCc2ccccc2-n2ccnc2)S(=O)(=O)c2ccccc2)cc1. The highest BCUT2D eigenvalue weighted by molar-refractivity contribution is 7.92. The zero-order valence-electron chi connectivity index (χ0n) is 18.8. The number of carbonyl (C=O) groups excluding carboxylic acids is 1. The summed E-state index contributed by atoms with van der Waals surface area (Å²) in [5, 5.41) is 2.87. The molecule has 8 heteroatoms. The monoisotopic (exact) mass is 474 g/mol. The van der Waals surface area contributed by atoms with Gasteiger partial charge in [0.25, 0.3) is 10.0 Å². The van der Waals surface area contributed by atoms with Gasteiger partial charge >= 0.3 is 0 Å². The largest absolute Gasteiger partial charge is 0.350 e. The van der Waals surface area contributed by atoms with E-state index in [1.807, 2.05) is 54.1 Å². The maximum Gasteiger partial charge on any atom is 0.264 e. The van der Waals surface area contributed by atoms with Gasteiger partial charge in [0, 0.05) is 18.9 Å². The van der Waals surface area contributed by atoms with E-state index in [0.717, 1.165) is 27.5 Å². The van der Waals surface area contributed by atoms with Crippen LogP contribution in [0.1, 0.15) is 18.1 Å². The molecule has 1 amide bonds. The predicted octanol–water partition coefficient (Wildman–Crippen LogP) is 3.95. The van der Waals surface area contributed by atoms with Crippen LogP contribution in [0.5, 0.6) is 0 Å². The Morgan fingerprint density at radius 1 is 0.971 bits per heavy atom. The van der Waals surface area contributed by atoms with Gasteiger partial charge in [0.1, 0.15) is 6.54 Å². The molecule has 3 aromatic carbocycles. The molecule has 34 heavy (non-hydrogen) atoms. The van der Waals surface area contributed by atoms with E-state index in [1.54, 1.807) is 42.9 Å². The van der Waals surface area contributed by atoms with Crippen LogP contribution in [-0.2, 0) is 27.8 Å². The molecule has 174 valence electrons. The second kappa shape index (κ2) is 10.4. The highest BCUT2D eigenvalue weighted by Crippen LogP contribution is 2.24. The van der Waals surface area contributed by atoms with E-state index in [9.17, 15) is 13.2 Å². The van der Waals surface area contributed by atoms with Crippen LogP contribution < -0.4 is 9.62 Å². The molecular formula is C26H26N4O3S. The molecule has 0 saturated carbocycles. The molecule has 0 aliphatic carbocycles. The molecule has 4 rings (SSSR count). The average Bonchev–Trinajstić information content (AvgIpc) is 3.42. The topological polar surface area (TPSA) is 84.3 Å². The van der Waals surface area contributed by atoms with Gasteiger partial charge in [0.2, 0.25) is 5.91 Å². The minimum absolute atomic E-state index is 0.132. The molecule has 1 N–H and O–H groups in total. The van der Waals surface area contributed by atoms with Crippen molar-refractivity contribution in [2.75, 3.05) is 10.8 Å². The number of hydrogen-bond donors (Lipinski definition) is 1. The molecule has 0 spiro atoms. The number of rotatable bonds is 9. The number of anilines is 1. The number of carbonyl (C=O) groups is 1. The number of imidazole rings is 1. The summed E-state index contributed by atoms with van der Waals surface area (Å²) in [6, 6.07) is 23.0. The van der Waals surface area contributed by atoms with E-state index in [0.29, 0.717) is 5.69 Å². The number of sulfonamides is 1. The summed E-state index contributed by atoms with van der Waals surface area (Å²) in [5.41, 5.74) is 3.30. The average molecular weight is 475 g/mol. The van der Waals surface area contributed by atoms with Crippen LogP contribution in [0.15, 0.2) is 102 Å². The lowest BCUT2D eigenvalue weighted by Gasteiger charge is -2.24. The minimum atomic E-state index is -3.94. The molecule has 0 fully saturated rings. The highest BCUT2D eigenvalue weighted by atomic mass is 32.2. The van der Waals surface area contributed by atoms with Gasteiger partial charge in [0.05, 0.1) is 22.6 Å². The van der Waals surface area contributed by atoms with E-state index in [1.165, 1.54) is 12.1 Å². The summed E-state index contributed by atoms with van der Waals surface area (Å²) in [6.45, 7) is 1.94. The smallest absolute Gasteiger partial charge is 0.264 e. The summed E-state index contributed by atoms with van der Waals surface area (Å²) >= 11 is 0. The van der Waals surface area contributed by atoms with Crippen LogP contribution >= 0.6 is 0 Å². The van der Waals surface area contributed by atoms with Crippen molar-refractivity contribution in [3.63, 3.8) is 0 Å². The lowest BCUT2D eigenvalue weighted by Crippen LogP contribution is -2.40. The third-order valence-electron chi connectivity index (χ3n) is 5.50. The van der Waals surface area contributed by atoms with Gasteiger partial charge < -0.3 is 9.88 Å². The second-order valence-electron chi connectivity index (χ2n) is 7.72. The van der Waals surface area contributed by atoms with Gasteiger partial charge in [0.15, 0.2) is 0 Å². The van der Waals surface area contributed by atoms with Crippen molar-refractivity contribution < 1.29 is 13.2 Å². The fourth-order valence-electron chi connectivity index (χ4n) is 3.63. The zero-order valence-corrected chi connectivity index (χ0v) is 19.7. The van der Waals surface area contributed by atoms with Crippen molar-refractivity contribution in [2.45, 2.75) is 24.8 Å². The molecule has 7 nitrogen and oxygen atoms in total. The first-order valence-electron chi connectivity index (χ1n) is 11.0. The molecule has 4 aromatic rings. The quantitative estimate of drug-likeness (QED) is 0.398. The summed E-state index contributed by atoms with van der Waals surface area (Å²) in [6.07, 6.45) is 6.04. The number of nitrogens with zero attached hydrogens (tertiary/aromatic N) is 3. The Morgan fingerprint density at radius 3 is 2.35 bits per heavy atom. The lowest BCUT2D eigenvalue weighted by atomic mass is 10.1. The first-order valence-corrected chi connectivity index (χ1v) is 12.4. The van der Waals surface area contributed by atoms with Gasteiger partial charge in [-0.15, -0.1) is 0 Å². The Balaban J connectivity index is 1.57. The van der Waals surface area contributed by atoms with Crippen LogP contribution in [0.25, 0.3) is 5.69 Å². The Morgan fingerprint density at radius 2 is 1.68 bits per heavy atom. The van der Waals surface area contributed by atoms with Gasteiger partial charge in [-0.3, -0.25) is 9.10 Å². The maximum absolute atomic E-state index is 13.4. The summed E-state index contributed by atoms with van der Waals surface area (Å²) in [4.78, 5) is 17.2. The number of aryl methyl sites for hydroxylation is 1. The summed E-state index contributed by atoms with van der Waals surface area (Å²) < 4.78 is 29.9. The van der Waals surface area contributed by atoms with Gasteiger partial charge in [-0.05, 0) is 47.9 Å². The number of aromatic nitrogens is 2. The molecule has 0 atom stereocenters. The lowest BCUT2D eigenvalue weighted by molar-refractivity contribution is -0.119. The first kappa shape index (κ1) is 23.3. The summed E-state index contributed by atoms with van der Waals surface area (Å²) in [5.74, 6) is -0.403. The van der Waals surface area contributed by atoms with Crippen LogP contribution in [0, 0.1) is 0 Å². The fraction of sp³-hybridized carbons (Fsp3) is 0.154. The van der Waals surface area contributed by atoms with Crippen LogP contribution in [0.4, 0.5) is 5.69 Å². The number of benzene rings is 3. The van der Waals surface area contributed by atoms with Crippen molar-refractivity contribution in [1.82, 2.24) is 14.9 Å². The Bertz CT molecular complexity index is 1340. The molecule has 0 saturated heterocycles. The number of nitrogens with one attached hydrogen (secondary N) is 1. The van der Waals surface area contributed by atoms with Crippen molar-refractivity contribution in [3.8, 4) is 5.69 Å². The first-order chi connectivity index (χ1) is 16.5. The van der Waals surface area contributed by atoms with Crippen molar-refractivity contribution >= 4 is 21.6 Å². The van der Waals surface area contributed by atoms with E-state index in [-0.39, 0.29) is 18.0 Å². The third-order valence-corrected chi connectivity index (χ3v) is 7.29. The normalized spacial score (nSPS) is 11.2. The molecule has 0 aliphatic heterocycles. The molecule has 0 bridgehead atoms. The third kappa shape index (κ3) is 5.18. The van der Waals surface area contributed by atoms with E-state index in [2.05, 4.69) is 10.3 Å². The maximum atomic E-state index is 13.4. The van der Waals surface area contributed by atoms with Gasteiger partial charge in [-0.25, -0.2) is 13.4 Å². The minimum Gasteiger partial charge on any atom is -0.350 e. The second-order valence-corrected chi connectivity index (χ2v) is 9.58. The van der Waals surface area contributed by atoms with Crippen molar-refractivity contribution in [1.29, 1.82) is 0 Å². The van der Waals surface area contributed by atoms with Crippen molar-refractivity contribution in [2.24, 2.45) is 0 Å². The molecule has 0 radical (unpaired) electrons. The van der Waals surface area contributed by atoms with E-state index < -0.39 is 15.9 Å². The predicted molar refractivity (Wildman–Crippen MR) is 132 cm³/mol. The molecule has 1 heterocycles. The van der Waals surface area contributed by atoms with Crippen molar-refractivity contribution in [3.05, 3.63) is 109 Å². The molecular weight excluding hydrogens is 448 g/mol. The Kier molecular flexibility index (Phi) is 7.08. The van der Waals surface area contributed by atoms with Gasteiger partial charge in [-0.1, -0.05) is 55.5 Å². The summed E-state index contributed by atoms with van der Waals surface area (Å²) in [7, 11) is -3.94. The number of amides is 1. The number of hydrogen-bond acceptors (Lipinski definition) is 4. The van der Waals surface area contributed by atoms with E-state index in [4.69, 9.17) is 0 Å². The van der Waals surface area contributed by atoms with Crippen LogP contribution in [0.2, 0.25) is 0 Å². The highest BCUT2D eigenvalue weighted by Gasteiger charge is 2.27. The molecule has 1 aromatic heterocycles. The zero-order chi connectivity index (χ0) is 24.0. The molecule has 0 unspecified atom stereocenters. The van der Waals surface area contributed by atoms with Gasteiger partial charge in [-0.2, -0.15) is 0 Å². The van der Waals surface area contributed by atoms with E-state index >= 15 is 0 Å². The van der Waals surface area contributed by atoms with Crippen LogP contribution in [0.3, 0.4) is 0 Å². The molecule has 0 aliphatic rings. The fourth-order valence-corrected chi connectivity index (χ4v) is 5.07. The Hall–Kier alpha value is -3.91. The number of para-hydroxylation sites is 1.